The first-order valence-corrected chi connectivity index (χ1v) is 9.53. The lowest BCUT2D eigenvalue weighted by Gasteiger charge is -2.34. The highest BCUT2D eigenvalue weighted by molar-refractivity contribution is 5.37. The van der Waals surface area contributed by atoms with Gasteiger partial charge in [0.15, 0.2) is 0 Å². The van der Waals surface area contributed by atoms with E-state index < -0.39 is 5.60 Å². The van der Waals surface area contributed by atoms with E-state index in [-0.39, 0.29) is 0 Å². The smallest absolute Gasteiger partial charge is 0.103 e. The lowest BCUT2D eigenvalue weighted by atomic mass is 9.94. The Morgan fingerprint density at radius 1 is 1.00 bits per heavy atom. The molecule has 2 N–H and O–H groups in total. The van der Waals surface area contributed by atoms with Crippen LogP contribution in [0, 0.1) is 0 Å². The molecule has 1 atom stereocenters. The summed E-state index contributed by atoms with van der Waals surface area (Å²) in [6.07, 6.45) is 4.14. The molecule has 0 bridgehead atoms. The molecule has 0 saturated carbocycles. The van der Waals surface area contributed by atoms with E-state index in [0.29, 0.717) is 12.6 Å². The number of hydrogen-bond donors (Lipinski definition) is 2. The molecule has 132 valence electrons. The fraction of sp³-hybridized carbons (Fsp3) is 0.455. The lowest BCUT2D eigenvalue weighted by Crippen LogP contribution is -2.46. The van der Waals surface area contributed by atoms with Crippen LogP contribution in [0.5, 0.6) is 0 Å². The van der Waals surface area contributed by atoms with Gasteiger partial charge in [-0.15, -0.1) is 0 Å². The first-order chi connectivity index (χ1) is 12.2. The number of hydrogen-bond acceptors (Lipinski definition) is 3. The summed E-state index contributed by atoms with van der Waals surface area (Å²) < 4.78 is 0. The van der Waals surface area contributed by atoms with Crippen LogP contribution in [0.4, 0.5) is 0 Å². The van der Waals surface area contributed by atoms with Gasteiger partial charge >= 0.3 is 0 Å². The molecule has 1 heterocycles. The third kappa shape index (κ3) is 3.79. The Balaban J connectivity index is 1.27. The highest BCUT2D eigenvalue weighted by Crippen LogP contribution is 2.36. The number of likely N-dealkylation sites (tertiary alicyclic amines) is 1. The van der Waals surface area contributed by atoms with Crippen molar-refractivity contribution >= 4 is 0 Å². The van der Waals surface area contributed by atoms with Gasteiger partial charge in [0.1, 0.15) is 5.60 Å². The average Bonchev–Trinajstić information content (AvgIpc) is 3.00. The maximum atomic E-state index is 11.0. The number of aliphatic hydroxyl groups is 1. The predicted molar refractivity (Wildman–Crippen MR) is 101 cm³/mol. The van der Waals surface area contributed by atoms with Gasteiger partial charge in [0, 0.05) is 19.1 Å². The van der Waals surface area contributed by atoms with E-state index in [4.69, 9.17) is 0 Å². The second-order valence-electron chi connectivity index (χ2n) is 7.61. The Labute approximate surface area is 150 Å². The molecule has 1 unspecified atom stereocenters. The zero-order valence-corrected chi connectivity index (χ0v) is 14.8. The Kier molecular flexibility index (Phi) is 4.89. The van der Waals surface area contributed by atoms with Gasteiger partial charge in [-0.25, -0.2) is 0 Å². The first-order valence-electron chi connectivity index (χ1n) is 9.53. The van der Waals surface area contributed by atoms with Crippen molar-refractivity contribution < 1.29 is 5.11 Å². The van der Waals surface area contributed by atoms with Crippen LogP contribution in [0.15, 0.2) is 54.6 Å². The molecule has 0 spiro atoms. The van der Waals surface area contributed by atoms with Gasteiger partial charge in [0.2, 0.25) is 0 Å². The first kappa shape index (κ1) is 16.8. The topological polar surface area (TPSA) is 35.5 Å². The molecule has 25 heavy (non-hydrogen) atoms. The summed E-state index contributed by atoms with van der Waals surface area (Å²) in [5, 5.41) is 14.7. The molecule has 2 aromatic rings. The number of piperidine rings is 1. The highest BCUT2D eigenvalue weighted by atomic mass is 16.3. The van der Waals surface area contributed by atoms with Gasteiger partial charge in [0.25, 0.3) is 0 Å². The molecule has 1 aliphatic heterocycles. The molecule has 0 amide bonds. The van der Waals surface area contributed by atoms with Crippen LogP contribution < -0.4 is 5.32 Å². The fourth-order valence-electron chi connectivity index (χ4n) is 4.30. The van der Waals surface area contributed by atoms with E-state index in [1.165, 1.54) is 11.1 Å². The Morgan fingerprint density at radius 3 is 2.52 bits per heavy atom. The van der Waals surface area contributed by atoms with Crippen LogP contribution in [-0.2, 0) is 18.6 Å². The summed E-state index contributed by atoms with van der Waals surface area (Å²) in [4.78, 5) is 2.53. The molecular formula is C22H28N2O. The van der Waals surface area contributed by atoms with Gasteiger partial charge in [-0.1, -0.05) is 54.6 Å². The number of aryl methyl sites for hydroxylation is 1. The minimum absolute atomic E-state index is 0.517. The molecule has 1 aliphatic carbocycles. The van der Waals surface area contributed by atoms with Crippen molar-refractivity contribution in [3.63, 3.8) is 0 Å². The summed E-state index contributed by atoms with van der Waals surface area (Å²) in [7, 11) is 0. The van der Waals surface area contributed by atoms with Gasteiger partial charge < -0.3 is 10.4 Å². The monoisotopic (exact) mass is 336 g/mol. The van der Waals surface area contributed by atoms with E-state index >= 15 is 0 Å². The van der Waals surface area contributed by atoms with Crippen LogP contribution in [-0.4, -0.2) is 35.7 Å². The molecule has 1 fully saturated rings. The third-order valence-electron chi connectivity index (χ3n) is 5.85. The predicted octanol–water partition coefficient (Wildman–Crippen LogP) is 3.07. The largest absolute Gasteiger partial charge is 0.384 e. The lowest BCUT2D eigenvalue weighted by molar-refractivity contribution is 0.0327. The Bertz CT molecular complexity index is 694. The quantitative estimate of drug-likeness (QED) is 0.881. The van der Waals surface area contributed by atoms with Crippen molar-refractivity contribution in [2.45, 2.75) is 43.9 Å². The zero-order valence-electron chi connectivity index (χ0n) is 14.8. The molecule has 1 saturated heterocycles. The van der Waals surface area contributed by atoms with Crippen molar-refractivity contribution in [3.05, 3.63) is 71.3 Å². The molecule has 3 nitrogen and oxygen atoms in total. The maximum Gasteiger partial charge on any atom is 0.103 e. The Hall–Kier alpha value is -1.68. The standard InChI is InChI=1S/C22H28N2O/c25-22(13-10-19-8-4-5-9-21(19)22)17-23-20-11-14-24(15-12-20)16-18-6-2-1-3-7-18/h1-9,20,23,25H,10-17H2. The highest BCUT2D eigenvalue weighted by Gasteiger charge is 2.36. The van der Waals surface area contributed by atoms with Gasteiger partial charge in [-0.3, -0.25) is 4.90 Å². The average molecular weight is 336 g/mol. The molecular weight excluding hydrogens is 308 g/mol. The second-order valence-corrected chi connectivity index (χ2v) is 7.61. The molecule has 2 aromatic carbocycles. The molecule has 0 radical (unpaired) electrons. The molecule has 2 aliphatic rings. The summed E-state index contributed by atoms with van der Waals surface area (Å²) in [6.45, 7) is 3.97. The minimum Gasteiger partial charge on any atom is -0.384 e. The number of benzene rings is 2. The molecule has 0 aromatic heterocycles. The van der Waals surface area contributed by atoms with E-state index in [0.717, 1.165) is 50.9 Å². The minimum atomic E-state index is -0.683. The number of nitrogens with one attached hydrogen (secondary N) is 1. The van der Waals surface area contributed by atoms with Crippen LogP contribution in [0.1, 0.15) is 36.0 Å². The third-order valence-corrected chi connectivity index (χ3v) is 5.85. The summed E-state index contributed by atoms with van der Waals surface area (Å²) in [6, 6.07) is 19.6. The number of nitrogens with zero attached hydrogens (tertiary/aromatic N) is 1. The fourth-order valence-corrected chi connectivity index (χ4v) is 4.30. The van der Waals surface area contributed by atoms with Gasteiger partial charge in [-0.2, -0.15) is 0 Å². The SMILES string of the molecule is OC1(CNC2CCN(Cc3ccccc3)CC2)CCc2ccccc21. The van der Waals surface area contributed by atoms with E-state index in [1.54, 1.807) is 0 Å². The number of rotatable bonds is 5. The van der Waals surface area contributed by atoms with Crippen LogP contribution >= 0.6 is 0 Å². The molecule has 4 rings (SSSR count). The zero-order chi connectivity index (χ0) is 17.1. The van der Waals surface area contributed by atoms with Gasteiger partial charge in [0.05, 0.1) is 0 Å². The van der Waals surface area contributed by atoms with E-state index in [9.17, 15) is 5.11 Å². The Morgan fingerprint density at radius 2 is 1.72 bits per heavy atom. The van der Waals surface area contributed by atoms with Crippen LogP contribution in [0.2, 0.25) is 0 Å². The van der Waals surface area contributed by atoms with Crippen molar-refractivity contribution in [1.82, 2.24) is 10.2 Å². The number of fused-ring (bicyclic) bond motifs is 1. The van der Waals surface area contributed by atoms with Crippen molar-refractivity contribution in [3.8, 4) is 0 Å². The van der Waals surface area contributed by atoms with Crippen molar-refractivity contribution in [2.24, 2.45) is 0 Å². The summed E-state index contributed by atoms with van der Waals surface area (Å²) >= 11 is 0. The van der Waals surface area contributed by atoms with Crippen LogP contribution in [0.25, 0.3) is 0 Å². The second kappa shape index (κ2) is 7.28. The maximum absolute atomic E-state index is 11.0. The van der Waals surface area contributed by atoms with Gasteiger partial charge in [-0.05, 0) is 55.5 Å². The summed E-state index contributed by atoms with van der Waals surface area (Å²) in [5.74, 6) is 0. The summed E-state index contributed by atoms with van der Waals surface area (Å²) in [5.41, 5.74) is 3.15. The van der Waals surface area contributed by atoms with Crippen LogP contribution in [0.3, 0.4) is 0 Å². The van der Waals surface area contributed by atoms with E-state index in [2.05, 4.69) is 58.7 Å². The van der Waals surface area contributed by atoms with Crippen molar-refractivity contribution in [1.29, 1.82) is 0 Å². The van der Waals surface area contributed by atoms with Crippen molar-refractivity contribution in [2.75, 3.05) is 19.6 Å². The van der Waals surface area contributed by atoms with E-state index in [1.807, 2.05) is 6.07 Å². The normalized spacial score (nSPS) is 24.4. The molecule has 3 heteroatoms.